The van der Waals surface area contributed by atoms with Crippen LogP contribution in [0.15, 0.2) is 18.2 Å². The lowest BCUT2D eigenvalue weighted by Gasteiger charge is -2.11. The Balaban J connectivity index is 2.91. The van der Waals surface area contributed by atoms with Crippen LogP contribution in [0.5, 0.6) is 0 Å². The van der Waals surface area contributed by atoms with Crippen LogP contribution >= 0.6 is 0 Å². The summed E-state index contributed by atoms with van der Waals surface area (Å²) in [4.78, 5) is 24.4. The first-order chi connectivity index (χ1) is 9.45. The predicted molar refractivity (Wildman–Crippen MR) is 78.1 cm³/mol. The van der Waals surface area contributed by atoms with E-state index in [9.17, 15) is 14.9 Å². The molecular formula is C13H20N4O3. The second kappa shape index (κ2) is 7.44. The van der Waals surface area contributed by atoms with Crippen molar-refractivity contribution in [1.29, 1.82) is 0 Å². The molecule has 1 aromatic rings. The van der Waals surface area contributed by atoms with Crippen LogP contribution in [-0.2, 0) is 0 Å². The van der Waals surface area contributed by atoms with E-state index in [4.69, 9.17) is 0 Å². The molecule has 0 bridgehead atoms. The van der Waals surface area contributed by atoms with Gasteiger partial charge in [-0.05, 0) is 33.2 Å². The molecule has 0 heterocycles. The summed E-state index contributed by atoms with van der Waals surface area (Å²) in [5, 5.41) is 16.7. The van der Waals surface area contributed by atoms with Gasteiger partial charge in [0.05, 0.1) is 4.92 Å². The fourth-order valence-corrected chi connectivity index (χ4v) is 1.68. The van der Waals surface area contributed by atoms with Crippen molar-refractivity contribution in [3.05, 3.63) is 33.9 Å². The highest BCUT2D eigenvalue weighted by atomic mass is 16.6. The van der Waals surface area contributed by atoms with Gasteiger partial charge in [-0.1, -0.05) is 0 Å². The van der Waals surface area contributed by atoms with Gasteiger partial charge in [0.2, 0.25) is 0 Å². The lowest BCUT2D eigenvalue weighted by Crippen LogP contribution is -2.31. The van der Waals surface area contributed by atoms with Crippen molar-refractivity contribution in [2.45, 2.75) is 6.92 Å². The summed E-state index contributed by atoms with van der Waals surface area (Å²) in [5.74, 6) is -0.432. The summed E-state index contributed by atoms with van der Waals surface area (Å²) < 4.78 is 0. The van der Waals surface area contributed by atoms with E-state index in [1.54, 1.807) is 6.07 Å². The Morgan fingerprint density at radius 1 is 1.40 bits per heavy atom. The Labute approximate surface area is 118 Å². The summed E-state index contributed by atoms with van der Waals surface area (Å²) in [7, 11) is 3.78. The Morgan fingerprint density at radius 2 is 2.10 bits per heavy atom. The van der Waals surface area contributed by atoms with Crippen molar-refractivity contribution in [3.8, 4) is 0 Å². The second-order valence-electron chi connectivity index (χ2n) is 4.58. The number of anilines is 1. The van der Waals surface area contributed by atoms with E-state index >= 15 is 0 Å². The number of likely N-dealkylation sites (N-methyl/N-ethyl adjacent to an activating group) is 1. The van der Waals surface area contributed by atoms with E-state index in [0.29, 0.717) is 25.3 Å². The minimum absolute atomic E-state index is 0.0761. The molecule has 1 amide bonds. The molecule has 0 aliphatic carbocycles. The molecule has 0 aliphatic heterocycles. The standard InChI is InChI=1S/C13H20N4O3/c1-4-14-10-5-6-12(17(19)20)11(9-10)13(18)15-7-8-16(2)3/h5-6,9,14H,4,7-8H2,1-3H3,(H,15,18). The molecular weight excluding hydrogens is 260 g/mol. The number of amides is 1. The molecule has 7 nitrogen and oxygen atoms in total. The third-order valence-corrected chi connectivity index (χ3v) is 2.66. The molecule has 1 aromatic carbocycles. The number of nitro benzene ring substituents is 1. The Kier molecular flexibility index (Phi) is 5.92. The molecule has 7 heteroatoms. The highest BCUT2D eigenvalue weighted by Gasteiger charge is 2.20. The third kappa shape index (κ3) is 4.51. The minimum atomic E-state index is -0.545. The summed E-state index contributed by atoms with van der Waals surface area (Å²) in [6, 6.07) is 4.45. The SMILES string of the molecule is CCNc1ccc([N+](=O)[O-])c(C(=O)NCCN(C)C)c1. The normalized spacial score (nSPS) is 10.4. The molecule has 0 spiro atoms. The van der Waals surface area contributed by atoms with E-state index in [1.807, 2.05) is 25.9 Å². The van der Waals surface area contributed by atoms with Crippen molar-refractivity contribution in [2.24, 2.45) is 0 Å². The number of rotatable bonds is 7. The van der Waals surface area contributed by atoms with Crippen molar-refractivity contribution in [2.75, 3.05) is 39.0 Å². The molecule has 0 aliphatic rings. The predicted octanol–water partition coefficient (Wildman–Crippen LogP) is 1.32. The number of hydrogen-bond donors (Lipinski definition) is 2. The van der Waals surface area contributed by atoms with Gasteiger partial charge in [0.1, 0.15) is 5.56 Å². The topological polar surface area (TPSA) is 87.5 Å². The first kappa shape index (κ1) is 15.9. The molecule has 2 N–H and O–H groups in total. The maximum absolute atomic E-state index is 12.0. The van der Waals surface area contributed by atoms with Gasteiger partial charge >= 0.3 is 0 Å². The molecule has 0 saturated carbocycles. The third-order valence-electron chi connectivity index (χ3n) is 2.66. The number of benzene rings is 1. The zero-order chi connectivity index (χ0) is 15.1. The zero-order valence-corrected chi connectivity index (χ0v) is 12.0. The number of carbonyl (C=O) groups is 1. The smallest absolute Gasteiger partial charge is 0.282 e. The van der Waals surface area contributed by atoms with E-state index in [-0.39, 0.29) is 11.3 Å². The van der Waals surface area contributed by atoms with Crippen LogP contribution in [0.25, 0.3) is 0 Å². The van der Waals surface area contributed by atoms with Crippen LogP contribution in [0.1, 0.15) is 17.3 Å². The lowest BCUT2D eigenvalue weighted by atomic mass is 10.1. The van der Waals surface area contributed by atoms with E-state index < -0.39 is 10.8 Å². The maximum Gasteiger partial charge on any atom is 0.282 e. The summed E-state index contributed by atoms with van der Waals surface area (Å²) >= 11 is 0. The van der Waals surface area contributed by atoms with Crippen molar-refractivity contribution < 1.29 is 9.72 Å². The lowest BCUT2D eigenvalue weighted by molar-refractivity contribution is -0.385. The molecule has 0 fully saturated rings. The van der Waals surface area contributed by atoms with Gasteiger partial charge in [-0.3, -0.25) is 14.9 Å². The first-order valence-electron chi connectivity index (χ1n) is 6.41. The van der Waals surface area contributed by atoms with Crippen molar-refractivity contribution >= 4 is 17.3 Å². The van der Waals surface area contributed by atoms with Crippen LogP contribution in [0, 0.1) is 10.1 Å². The van der Waals surface area contributed by atoms with E-state index in [0.717, 1.165) is 0 Å². The Hall–Kier alpha value is -2.15. The van der Waals surface area contributed by atoms with E-state index in [1.165, 1.54) is 12.1 Å². The van der Waals surface area contributed by atoms with Gasteiger partial charge in [-0.2, -0.15) is 0 Å². The summed E-state index contributed by atoms with van der Waals surface area (Å²) in [6.07, 6.45) is 0. The maximum atomic E-state index is 12.0. The molecule has 0 saturated heterocycles. The van der Waals surface area contributed by atoms with Crippen LogP contribution in [0.2, 0.25) is 0 Å². The fraction of sp³-hybridized carbons (Fsp3) is 0.462. The quantitative estimate of drug-likeness (QED) is 0.581. The largest absolute Gasteiger partial charge is 0.385 e. The molecule has 0 radical (unpaired) electrons. The zero-order valence-electron chi connectivity index (χ0n) is 12.0. The van der Waals surface area contributed by atoms with Gasteiger partial charge in [0.25, 0.3) is 11.6 Å². The molecule has 0 unspecified atom stereocenters. The van der Waals surface area contributed by atoms with Gasteiger partial charge < -0.3 is 15.5 Å². The number of hydrogen-bond acceptors (Lipinski definition) is 5. The number of nitrogens with one attached hydrogen (secondary N) is 2. The van der Waals surface area contributed by atoms with Gasteiger partial charge in [0.15, 0.2) is 0 Å². The average molecular weight is 280 g/mol. The highest BCUT2D eigenvalue weighted by molar-refractivity contribution is 5.99. The summed E-state index contributed by atoms with van der Waals surface area (Å²) in [5.41, 5.74) is 0.581. The average Bonchev–Trinajstić information content (AvgIpc) is 2.38. The molecule has 1 rings (SSSR count). The van der Waals surface area contributed by atoms with Crippen molar-refractivity contribution in [3.63, 3.8) is 0 Å². The number of carbonyl (C=O) groups excluding carboxylic acids is 1. The van der Waals surface area contributed by atoms with Gasteiger partial charge in [0, 0.05) is 31.4 Å². The second-order valence-corrected chi connectivity index (χ2v) is 4.58. The Morgan fingerprint density at radius 3 is 2.65 bits per heavy atom. The van der Waals surface area contributed by atoms with Crippen LogP contribution in [0.4, 0.5) is 11.4 Å². The minimum Gasteiger partial charge on any atom is -0.385 e. The Bertz CT molecular complexity index is 489. The highest BCUT2D eigenvalue weighted by Crippen LogP contribution is 2.22. The summed E-state index contributed by atoms with van der Waals surface area (Å²) in [6.45, 7) is 3.71. The van der Waals surface area contributed by atoms with Crippen LogP contribution in [-0.4, -0.2) is 49.5 Å². The monoisotopic (exact) mass is 280 g/mol. The van der Waals surface area contributed by atoms with E-state index in [2.05, 4.69) is 10.6 Å². The fourth-order valence-electron chi connectivity index (χ4n) is 1.68. The van der Waals surface area contributed by atoms with Crippen LogP contribution in [0.3, 0.4) is 0 Å². The van der Waals surface area contributed by atoms with Crippen molar-refractivity contribution in [1.82, 2.24) is 10.2 Å². The molecule has 0 atom stereocenters. The molecule has 0 aromatic heterocycles. The first-order valence-corrected chi connectivity index (χ1v) is 6.41. The number of nitrogens with zero attached hydrogens (tertiary/aromatic N) is 2. The van der Waals surface area contributed by atoms with Gasteiger partial charge in [-0.15, -0.1) is 0 Å². The van der Waals surface area contributed by atoms with Crippen LogP contribution < -0.4 is 10.6 Å². The number of nitro groups is 1. The molecule has 110 valence electrons. The van der Waals surface area contributed by atoms with Gasteiger partial charge in [-0.25, -0.2) is 0 Å². The molecule has 20 heavy (non-hydrogen) atoms.